The first-order valence-corrected chi connectivity index (χ1v) is 7.89. The van der Waals surface area contributed by atoms with Gasteiger partial charge in [0.1, 0.15) is 12.1 Å². The Morgan fingerprint density at radius 1 is 1.22 bits per heavy atom. The van der Waals surface area contributed by atoms with Crippen LogP contribution in [0.4, 0.5) is 4.39 Å². The van der Waals surface area contributed by atoms with Gasteiger partial charge < -0.3 is 10.1 Å². The second-order valence-electron chi connectivity index (χ2n) is 6.18. The molecule has 0 aromatic heterocycles. The average Bonchev–Trinajstić information content (AvgIpc) is 2.55. The number of aldehydes is 1. The van der Waals surface area contributed by atoms with Crippen molar-refractivity contribution in [2.24, 2.45) is 5.92 Å². The lowest BCUT2D eigenvalue weighted by atomic mass is 9.81. The second kappa shape index (κ2) is 6.58. The predicted molar refractivity (Wildman–Crippen MR) is 81.3 cm³/mol. The van der Waals surface area contributed by atoms with Crippen LogP contribution in [0.5, 0.6) is 0 Å². The molecule has 3 atom stereocenters. The molecule has 23 heavy (non-hydrogen) atoms. The minimum Gasteiger partial charge on any atom is -0.316 e. The summed E-state index contributed by atoms with van der Waals surface area (Å²) in [4.78, 5) is 34.3. The number of rotatable bonds is 3. The fourth-order valence-electron chi connectivity index (χ4n) is 3.45. The van der Waals surface area contributed by atoms with E-state index in [1.54, 1.807) is 12.1 Å². The summed E-state index contributed by atoms with van der Waals surface area (Å²) >= 11 is 0. The number of benzene rings is 1. The molecule has 2 N–H and O–H groups in total. The van der Waals surface area contributed by atoms with Gasteiger partial charge >= 0.3 is 0 Å². The molecule has 1 aromatic carbocycles. The number of amides is 2. The molecule has 2 heterocycles. The number of hydrogen-bond donors (Lipinski definition) is 2. The van der Waals surface area contributed by atoms with Crippen LogP contribution in [0.1, 0.15) is 42.2 Å². The van der Waals surface area contributed by atoms with Gasteiger partial charge in [0, 0.05) is 24.8 Å². The van der Waals surface area contributed by atoms with Crippen LogP contribution < -0.4 is 10.6 Å². The van der Waals surface area contributed by atoms with Crippen LogP contribution in [0.25, 0.3) is 0 Å². The molecule has 0 saturated carbocycles. The van der Waals surface area contributed by atoms with Crippen molar-refractivity contribution in [1.29, 1.82) is 0 Å². The van der Waals surface area contributed by atoms with E-state index in [1.165, 1.54) is 6.07 Å². The molecule has 1 aromatic rings. The summed E-state index contributed by atoms with van der Waals surface area (Å²) in [7, 11) is 0. The molecule has 2 saturated heterocycles. The van der Waals surface area contributed by atoms with Gasteiger partial charge in [-0.15, -0.1) is 0 Å². The topological polar surface area (TPSA) is 75.3 Å². The summed E-state index contributed by atoms with van der Waals surface area (Å²) in [6, 6.07) is 4.77. The van der Waals surface area contributed by atoms with Crippen LogP contribution in [0, 0.1) is 11.7 Å². The zero-order valence-corrected chi connectivity index (χ0v) is 12.7. The molecule has 0 aliphatic carbocycles. The van der Waals surface area contributed by atoms with Crippen molar-refractivity contribution in [2.75, 3.05) is 13.1 Å². The zero-order valence-electron chi connectivity index (χ0n) is 12.7. The Labute approximate surface area is 133 Å². The van der Waals surface area contributed by atoms with Crippen molar-refractivity contribution in [3.8, 4) is 0 Å². The first kappa shape index (κ1) is 15.8. The number of carbonyl (C=O) groups is 3. The Bertz CT molecular complexity index is 647. The maximum absolute atomic E-state index is 14.6. The average molecular weight is 318 g/mol. The number of hydrogen-bond acceptors (Lipinski definition) is 4. The largest absolute Gasteiger partial charge is 0.316 e. The number of nitrogens with one attached hydrogen (secondary N) is 2. The Hall–Kier alpha value is -2.08. The number of imide groups is 1. The van der Waals surface area contributed by atoms with E-state index in [0.717, 1.165) is 12.8 Å². The molecule has 3 unspecified atom stereocenters. The highest BCUT2D eigenvalue weighted by molar-refractivity contribution is 6.00. The molecule has 122 valence electrons. The summed E-state index contributed by atoms with van der Waals surface area (Å²) in [6.45, 7) is 1.33. The maximum atomic E-state index is 14.6. The summed E-state index contributed by atoms with van der Waals surface area (Å²) in [5.74, 6) is -1.93. The molecule has 2 fully saturated rings. The van der Waals surface area contributed by atoms with Crippen LogP contribution in [-0.4, -0.2) is 31.2 Å². The second-order valence-corrected chi connectivity index (χ2v) is 6.18. The van der Waals surface area contributed by atoms with Gasteiger partial charge in [-0.25, -0.2) is 4.39 Å². The van der Waals surface area contributed by atoms with E-state index in [-0.39, 0.29) is 30.1 Å². The highest BCUT2D eigenvalue weighted by Crippen LogP contribution is 2.32. The van der Waals surface area contributed by atoms with Gasteiger partial charge in [0.25, 0.3) is 0 Å². The Balaban J connectivity index is 1.84. The summed E-state index contributed by atoms with van der Waals surface area (Å²) in [5.41, 5.74) is 1.08. The molecule has 0 bridgehead atoms. The molecular formula is C17H19FN2O3. The molecule has 2 aliphatic rings. The fraction of sp³-hybridized carbons (Fsp3) is 0.471. The monoisotopic (exact) mass is 318 g/mol. The maximum Gasteiger partial charge on any atom is 0.234 e. The molecule has 0 radical (unpaired) electrons. The lowest BCUT2D eigenvalue weighted by molar-refractivity contribution is -0.134. The number of halogens is 1. The van der Waals surface area contributed by atoms with Crippen LogP contribution in [0.3, 0.4) is 0 Å². The van der Waals surface area contributed by atoms with Crippen LogP contribution in [0.2, 0.25) is 0 Å². The number of piperidine rings is 2. The van der Waals surface area contributed by atoms with Gasteiger partial charge in [-0.1, -0.05) is 12.1 Å². The molecule has 5 nitrogen and oxygen atoms in total. The van der Waals surface area contributed by atoms with E-state index >= 15 is 0 Å². The molecule has 3 rings (SSSR count). The fourth-order valence-corrected chi connectivity index (χ4v) is 3.45. The first-order valence-electron chi connectivity index (χ1n) is 7.89. The van der Waals surface area contributed by atoms with Crippen molar-refractivity contribution >= 4 is 18.1 Å². The van der Waals surface area contributed by atoms with Gasteiger partial charge in [-0.3, -0.25) is 14.9 Å². The van der Waals surface area contributed by atoms with Gasteiger partial charge in [0.2, 0.25) is 11.8 Å². The lowest BCUT2D eigenvalue weighted by Gasteiger charge is -2.29. The van der Waals surface area contributed by atoms with E-state index in [1.807, 2.05) is 0 Å². The third-order valence-corrected chi connectivity index (χ3v) is 4.78. The van der Waals surface area contributed by atoms with Gasteiger partial charge in [0.15, 0.2) is 0 Å². The van der Waals surface area contributed by atoms with Crippen molar-refractivity contribution in [2.45, 2.75) is 31.1 Å². The molecule has 0 spiro atoms. The first-order chi connectivity index (χ1) is 11.1. The van der Waals surface area contributed by atoms with Crippen LogP contribution in [-0.2, 0) is 14.4 Å². The Kier molecular flexibility index (Phi) is 4.52. The summed E-state index contributed by atoms with van der Waals surface area (Å²) in [6.07, 6.45) is 2.26. The zero-order chi connectivity index (χ0) is 16.4. The van der Waals surface area contributed by atoms with E-state index in [9.17, 15) is 18.8 Å². The smallest absolute Gasteiger partial charge is 0.234 e. The van der Waals surface area contributed by atoms with Gasteiger partial charge in [-0.05, 0) is 36.6 Å². The van der Waals surface area contributed by atoms with E-state index in [4.69, 9.17) is 0 Å². The predicted octanol–water partition coefficient (Wildman–Crippen LogP) is 1.24. The molecule has 2 amide bonds. The standard InChI is InChI=1S/C17H19FN2O3/c18-15-7-10(12-3-4-16(22)20-17(12)23)1-2-13(15)14-8-19-6-5-11(14)9-21/h1-2,7,9,11-12,14,19H,3-6,8H2,(H,20,22,23). The normalized spacial score (nSPS) is 28.3. The summed E-state index contributed by atoms with van der Waals surface area (Å²) in [5, 5.41) is 5.47. The highest BCUT2D eigenvalue weighted by atomic mass is 19.1. The Morgan fingerprint density at radius 3 is 2.74 bits per heavy atom. The lowest BCUT2D eigenvalue weighted by Crippen LogP contribution is -2.39. The van der Waals surface area contributed by atoms with Crippen LogP contribution >= 0.6 is 0 Å². The van der Waals surface area contributed by atoms with Gasteiger partial charge in [0.05, 0.1) is 5.92 Å². The minimum absolute atomic E-state index is 0.183. The number of carbonyl (C=O) groups excluding carboxylic acids is 3. The van der Waals surface area contributed by atoms with Crippen molar-refractivity contribution in [3.63, 3.8) is 0 Å². The molecular weight excluding hydrogens is 299 g/mol. The SMILES string of the molecule is O=CC1CCNCC1c1ccc(C2CCC(=O)NC2=O)cc1F. The molecule has 6 heteroatoms. The quantitative estimate of drug-likeness (QED) is 0.649. The van der Waals surface area contributed by atoms with E-state index in [2.05, 4.69) is 10.6 Å². The third-order valence-electron chi connectivity index (χ3n) is 4.78. The van der Waals surface area contributed by atoms with Crippen molar-refractivity contribution in [3.05, 3.63) is 35.1 Å². The van der Waals surface area contributed by atoms with Gasteiger partial charge in [-0.2, -0.15) is 0 Å². The minimum atomic E-state index is -0.498. The third kappa shape index (κ3) is 3.17. The van der Waals surface area contributed by atoms with Crippen molar-refractivity contribution < 1.29 is 18.8 Å². The summed E-state index contributed by atoms with van der Waals surface area (Å²) < 4.78 is 14.6. The van der Waals surface area contributed by atoms with Crippen LogP contribution in [0.15, 0.2) is 18.2 Å². The molecule has 2 aliphatic heterocycles. The van der Waals surface area contributed by atoms with Crippen molar-refractivity contribution in [1.82, 2.24) is 10.6 Å². The van der Waals surface area contributed by atoms with E-state index < -0.39 is 11.7 Å². The Morgan fingerprint density at radius 2 is 2.04 bits per heavy atom. The van der Waals surface area contributed by atoms with E-state index in [0.29, 0.717) is 30.5 Å². The highest BCUT2D eigenvalue weighted by Gasteiger charge is 2.31.